The molecule has 0 radical (unpaired) electrons. The fourth-order valence-corrected chi connectivity index (χ4v) is 0. The lowest BCUT2D eigenvalue weighted by Crippen LogP contribution is -2.02. The molecule has 0 spiro atoms. The summed E-state index contributed by atoms with van der Waals surface area (Å²) < 4.78 is 156. The van der Waals surface area contributed by atoms with E-state index in [1.807, 2.05) is 0 Å². The first-order valence-corrected chi connectivity index (χ1v) is 3.49. The Kier molecular flexibility index (Phi) is 37.8. The zero-order chi connectivity index (χ0) is 18.0. The first-order chi connectivity index (χ1) is 8.00. The smallest absolute Gasteiger partial charge is 0.418 e. The van der Waals surface area contributed by atoms with Crippen LogP contribution in [0.25, 0.3) is 0 Å². The fraction of sp³-hybridized carbons (Fsp3) is 0. The Morgan fingerprint density at radius 3 is 0.208 bits per heavy atom. The maximum Gasteiger partial charge on any atom is 0.673 e. The van der Waals surface area contributed by atoms with Crippen molar-refractivity contribution in [3.8, 4) is 0 Å². The maximum absolute atomic E-state index is 9.75. The molecule has 0 bridgehead atoms. The molecule has 0 unspecified atom stereocenters. The van der Waals surface area contributed by atoms with Crippen molar-refractivity contribution in [1.82, 2.24) is 24.6 Å². The molecule has 0 aliphatic rings. The molecule has 0 aliphatic carbocycles. The highest BCUT2D eigenvalue weighted by molar-refractivity contribution is 6.50. The molecule has 0 heterocycles. The third-order valence-corrected chi connectivity index (χ3v) is 0. The Morgan fingerprint density at radius 1 is 0.208 bits per heavy atom. The summed E-state index contributed by atoms with van der Waals surface area (Å²) in [7, 11) is -24.0. The van der Waals surface area contributed by atoms with Crippen LogP contribution in [0.3, 0.4) is 0 Å². The SMILES string of the molecule is F[B-](F)(F)F.F[B-](F)(F)F.F[B-](F)(F)F.F[B-](F)(F)F.[NH4+].[NH4+].[NH4+].[NH4+]. The molecule has 0 aromatic heterocycles. The summed E-state index contributed by atoms with van der Waals surface area (Å²) in [4.78, 5) is 0. The summed E-state index contributed by atoms with van der Waals surface area (Å²) in [5.74, 6) is 0. The van der Waals surface area contributed by atoms with Crippen LogP contribution in [-0.4, -0.2) is 29.0 Å². The van der Waals surface area contributed by atoms with Crippen molar-refractivity contribution in [2.75, 3.05) is 0 Å². The second kappa shape index (κ2) is 18.3. The number of hydrogen-bond acceptors (Lipinski definition) is 0. The lowest BCUT2D eigenvalue weighted by Gasteiger charge is -1.94. The van der Waals surface area contributed by atoms with Gasteiger partial charge in [0, 0.05) is 0 Å². The van der Waals surface area contributed by atoms with Gasteiger partial charge in [0.15, 0.2) is 0 Å². The first-order valence-electron chi connectivity index (χ1n) is 3.49. The topological polar surface area (TPSA) is 146 Å². The van der Waals surface area contributed by atoms with E-state index in [0.717, 1.165) is 0 Å². The number of halogens is 16. The molecule has 160 valence electrons. The van der Waals surface area contributed by atoms with Crippen molar-refractivity contribution >= 4 is 29.0 Å². The summed E-state index contributed by atoms with van der Waals surface area (Å²) in [6.45, 7) is 0. The fourth-order valence-electron chi connectivity index (χ4n) is 0. The van der Waals surface area contributed by atoms with Gasteiger partial charge in [-0.05, 0) is 0 Å². The molecule has 0 rings (SSSR count). The second-order valence-electron chi connectivity index (χ2n) is 1.98. The number of rotatable bonds is 0. The minimum atomic E-state index is -6.00. The minimum absolute atomic E-state index is 0. The molecular formula is H16B4F16N4. The zero-order valence-corrected chi connectivity index (χ0v) is 12.4. The number of hydrogen-bond donors (Lipinski definition) is 4. The van der Waals surface area contributed by atoms with E-state index < -0.39 is 29.0 Å². The van der Waals surface area contributed by atoms with Gasteiger partial charge in [-0.25, -0.2) is 0 Å². The van der Waals surface area contributed by atoms with Crippen molar-refractivity contribution in [3.05, 3.63) is 0 Å². The normalized spacial score (nSPS) is 10.0. The van der Waals surface area contributed by atoms with Crippen LogP contribution < -0.4 is 24.6 Å². The van der Waals surface area contributed by atoms with E-state index in [4.69, 9.17) is 0 Å². The molecule has 0 saturated carbocycles. The quantitative estimate of drug-likeness (QED) is 0.244. The lowest BCUT2D eigenvalue weighted by atomic mass is 10.3. The molecule has 24 heteroatoms. The Labute approximate surface area is 124 Å². The van der Waals surface area contributed by atoms with Gasteiger partial charge in [-0.1, -0.05) is 0 Å². The molecular weight excluding hydrogens is 403 g/mol. The van der Waals surface area contributed by atoms with E-state index >= 15 is 0 Å². The van der Waals surface area contributed by atoms with Crippen molar-refractivity contribution in [2.24, 2.45) is 0 Å². The highest BCUT2D eigenvalue weighted by Gasteiger charge is 2.21. The average molecular weight is 419 g/mol. The summed E-state index contributed by atoms with van der Waals surface area (Å²) in [5.41, 5.74) is 0. The predicted molar refractivity (Wildman–Crippen MR) is 64.7 cm³/mol. The summed E-state index contributed by atoms with van der Waals surface area (Å²) in [5, 5.41) is 0. The molecule has 0 aromatic carbocycles. The van der Waals surface area contributed by atoms with E-state index in [2.05, 4.69) is 0 Å². The van der Waals surface area contributed by atoms with E-state index in [1.54, 1.807) is 0 Å². The predicted octanol–water partition coefficient (Wildman–Crippen LogP) is 6.70. The van der Waals surface area contributed by atoms with E-state index in [0.29, 0.717) is 0 Å². The van der Waals surface area contributed by atoms with Crippen LogP contribution in [0.2, 0.25) is 0 Å². The first kappa shape index (κ1) is 49.5. The Hall–Kier alpha value is -1.02. The van der Waals surface area contributed by atoms with Gasteiger partial charge in [-0.15, -0.1) is 0 Å². The van der Waals surface area contributed by atoms with Gasteiger partial charge >= 0.3 is 29.0 Å². The van der Waals surface area contributed by atoms with Crippen LogP contribution in [0.4, 0.5) is 69.1 Å². The third-order valence-electron chi connectivity index (χ3n) is 0. The number of quaternary nitrogens is 4. The van der Waals surface area contributed by atoms with Crippen LogP contribution in [0, 0.1) is 0 Å². The molecule has 24 heavy (non-hydrogen) atoms. The van der Waals surface area contributed by atoms with Gasteiger partial charge in [-0.3, -0.25) is 0 Å². The highest BCUT2D eigenvalue weighted by atomic mass is 19.5. The van der Waals surface area contributed by atoms with Crippen molar-refractivity contribution in [2.45, 2.75) is 0 Å². The van der Waals surface area contributed by atoms with Gasteiger partial charge in [0.05, 0.1) is 0 Å². The largest absolute Gasteiger partial charge is 0.673 e. The zero-order valence-electron chi connectivity index (χ0n) is 12.4. The summed E-state index contributed by atoms with van der Waals surface area (Å²) in [6.07, 6.45) is 0. The van der Waals surface area contributed by atoms with Crippen molar-refractivity contribution < 1.29 is 69.1 Å². The molecule has 0 saturated heterocycles. The van der Waals surface area contributed by atoms with Crippen LogP contribution in [0.5, 0.6) is 0 Å². The summed E-state index contributed by atoms with van der Waals surface area (Å²) >= 11 is 0. The van der Waals surface area contributed by atoms with Gasteiger partial charge < -0.3 is 93.7 Å². The van der Waals surface area contributed by atoms with E-state index in [9.17, 15) is 69.1 Å². The monoisotopic (exact) mass is 420 g/mol. The minimum Gasteiger partial charge on any atom is -0.418 e. The molecule has 16 N–H and O–H groups in total. The lowest BCUT2D eigenvalue weighted by molar-refractivity contribution is 0.366. The third kappa shape index (κ3) is 8050. The van der Waals surface area contributed by atoms with Gasteiger partial charge in [0.2, 0.25) is 0 Å². The van der Waals surface area contributed by atoms with Gasteiger partial charge in [-0.2, -0.15) is 0 Å². The Bertz CT molecular complexity index is 140. The average Bonchev–Trinajstić information content (AvgIpc) is 1.62. The van der Waals surface area contributed by atoms with E-state index in [-0.39, 0.29) is 24.6 Å². The summed E-state index contributed by atoms with van der Waals surface area (Å²) in [6, 6.07) is 0. The van der Waals surface area contributed by atoms with Gasteiger partial charge in [0.1, 0.15) is 0 Å². The molecule has 0 atom stereocenters. The molecule has 0 aromatic rings. The van der Waals surface area contributed by atoms with Crippen LogP contribution in [-0.2, 0) is 0 Å². The maximum atomic E-state index is 9.75. The molecule has 0 aliphatic heterocycles. The Morgan fingerprint density at radius 2 is 0.208 bits per heavy atom. The van der Waals surface area contributed by atoms with E-state index in [1.165, 1.54) is 0 Å². The van der Waals surface area contributed by atoms with Crippen LogP contribution in [0.1, 0.15) is 0 Å². The van der Waals surface area contributed by atoms with Gasteiger partial charge in [0.25, 0.3) is 0 Å². The van der Waals surface area contributed by atoms with Crippen molar-refractivity contribution in [1.29, 1.82) is 0 Å². The second-order valence-corrected chi connectivity index (χ2v) is 1.98. The standard InChI is InChI=1S/4BF4.4H3N/c4*2-1(3,4)5;;;;/h;;;;4*1H3/q4*-1;;;;/p+4. The van der Waals surface area contributed by atoms with Crippen LogP contribution >= 0.6 is 0 Å². The molecule has 0 fully saturated rings. The highest BCUT2D eigenvalue weighted by Crippen LogP contribution is 2.08. The van der Waals surface area contributed by atoms with Crippen molar-refractivity contribution in [3.63, 3.8) is 0 Å². The Balaban J connectivity index is -0.0000000225. The molecule has 4 nitrogen and oxygen atoms in total. The molecule has 0 amide bonds. The van der Waals surface area contributed by atoms with Crippen LogP contribution in [0.15, 0.2) is 0 Å².